The summed E-state index contributed by atoms with van der Waals surface area (Å²) in [4.78, 5) is 28.3. The molecule has 0 spiro atoms. The van der Waals surface area contributed by atoms with Crippen molar-refractivity contribution in [2.24, 2.45) is 5.92 Å². The number of carbonyl (C=O) groups is 2. The smallest absolute Gasteiger partial charge is 0.410 e. The summed E-state index contributed by atoms with van der Waals surface area (Å²) in [5, 5.41) is 0.974. The highest BCUT2D eigenvalue weighted by Crippen LogP contribution is 2.40. The van der Waals surface area contributed by atoms with Crippen LogP contribution in [0.15, 0.2) is 30.5 Å². The van der Waals surface area contributed by atoms with Crippen LogP contribution in [0.2, 0.25) is 18.1 Å². The number of aromatic nitrogens is 1. The average molecular weight is 683 g/mol. The van der Waals surface area contributed by atoms with E-state index in [0.717, 1.165) is 0 Å². The zero-order valence-corrected chi connectivity index (χ0v) is 31.9. The first kappa shape index (κ1) is 39.1. The summed E-state index contributed by atoms with van der Waals surface area (Å²) in [6, 6.07) is 8.48. The molecule has 45 heavy (non-hydrogen) atoms. The van der Waals surface area contributed by atoms with Crippen molar-refractivity contribution in [3.05, 3.63) is 36.0 Å². The molecule has 0 aliphatic carbocycles. The van der Waals surface area contributed by atoms with E-state index in [4.69, 9.17) is 35.9 Å². The van der Waals surface area contributed by atoms with Crippen molar-refractivity contribution in [2.75, 3.05) is 41.0 Å². The fourth-order valence-electron chi connectivity index (χ4n) is 4.98. The van der Waals surface area contributed by atoms with Crippen molar-refractivity contribution in [1.82, 2.24) is 9.13 Å². The Labute approximate surface area is 280 Å². The van der Waals surface area contributed by atoms with Crippen LogP contribution in [0.4, 0.5) is 4.79 Å². The second-order valence-corrected chi connectivity index (χ2v) is 20.7. The molecule has 0 aliphatic rings. The molecule has 2 unspecified atom stereocenters. The molecule has 0 N–H and O–H groups in total. The average Bonchev–Trinajstić information content (AvgIpc) is 3.32. The van der Waals surface area contributed by atoms with E-state index >= 15 is 0 Å². The second kappa shape index (κ2) is 16.6. The number of hydrogen-bond acceptors (Lipinski definition) is 9. The lowest BCUT2D eigenvalue weighted by Gasteiger charge is -2.38. The van der Waals surface area contributed by atoms with Gasteiger partial charge < -0.3 is 32.8 Å². The van der Waals surface area contributed by atoms with Crippen LogP contribution in [0.3, 0.4) is 0 Å². The van der Waals surface area contributed by atoms with Crippen LogP contribution < -0.4 is 0 Å². The molecule has 254 valence electrons. The number of carbonyl (C=O) groups excluding carboxylic acids is 2. The standard InChI is InChI=1S/C33H54N2O7S2Si/c1-13-41-31(43)44-24(20-26(28(36)38-8)29(39-9)40-10)22-34(30(37)42-32(2,3)4)19-18-23-21-35(45(11,12)33(5,6)7)27-17-15-14-16-25(23)27/h14-17,21,24,26,29H,13,18-20,22H2,1-12H3. The maximum Gasteiger partial charge on any atom is 0.410 e. The summed E-state index contributed by atoms with van der Waals surface area (Å²) < 4.78 is 30.3. The molecule has 1 aromatic carbocycles. The van der Waals surface area contributed by atoms with E-state index in [2.05, 4.69) is 68.6 Å². The van der Waals surface area contributed by atoms with Gasteiger partial charge in [-0.3, -0.25) is 4.79 Å². The number of nitrogens with zero attached hydrogens (tertiary/aromatic N) is 2. The molecule has 9 nitrogen and oxygen atoms in total. The first-order valence-electron chi connectivity index (χ1n) is 15.4. The maximum absolute atomic E-state index is 13.7. The Bertz CT molecular complexity index is 1280. The summed E-state index contributed by atoms with van der Waals surface area (Å²) in [5.41, 5.74) is 1.69. The van der Waals surface area contributed by atoms with Gasteiger partial charge in [0, 0.05) is 43.5 Å². The first-order chi connectivity index (χ1) is 20.9. The number of rotatable bonds is 14. The van der Waals surface area contributed by atoms with E-state index in [1.165, 1.54) is 49.6 Å². The normalized spacial score (nSPS) is 13.9. The third-order valence-corrected chi connectivity index (χ3v) is 14.9. The predicted octanol–water partition coefficient (Wildman–Crippen LogP) is 7.50. The van der Waals surface area contributed by atoms with Crippen molar-refractivity contribution < 1.29 is 33.3 Å². The number of amides is 1. The number of para-hydroxylation sites is 1. The molecule has 0 aliphatic heterocycles. The number of thioether (sulfide) groups is 1. The Morgan fingerprint density at radius 2 is 1.67 bits per heavy atom. The van der Waals surface area contributed by atoms with Gasteiger partial charge in [-0.15, -0.1) is 0 Å². The summed E-state index contributed by atoms with van der Waals surface area (Å²) in [6.07, 6.45) is 1.89. The van der Waals surface area contributed by atoms with E-state index in [-0.39, 0.29) is 23.3 Å². The lowest BCUT2D eigenvalue weighted by molar-refractivity contribution is -0.175. The molecular weight excluding hydrogens is 629 g/mol. The number of ether oxygens (including phenoxy) is 5. The SMILES string of the molecule is CCOC(=S)SC(CC(C(=O)OC)C(OC)OC)CN(CCc1cn([Si](C)(C)C(C)(C)C)c2ccccc12)C(=O)OC(C)(C)C. The molecule has 12 heteroatoms. The number of fused-ring (bicyclic) bond motifs is 1. The fraction of sp³-hybridized carbons (Fsp3) is 0.667. The molecule has 0 fully saturated rings. The molecule has 2 atom stereocenters. The van der Waals surface area contributed by atoms with Gasteiger partial charge in [0.1, 0.15) is 11.5 Å². The van der Waals surface area contributed by atoms with E-state index in [1.807, 2.05) is 27.7 Å². The van der Waals surface area contributed by atoms with E-state index in [9.17, 15) is 9.59 Å². The lowest BCUT2D eigenvalue weighted by atomic mass is 10.0. The van der Waals surface area contributed by atoms with Crippen molar-refractivity contribution in [2.45, 2.75) is 96.6 Å². The molecule has 0 bridgehead atoms. The van der Waals surface area contributed by atoms with Crippen molar-refractivity contribution in [1.29, 1.82) is 0 Å². The summed E-state index contributed by atoms with van der Waals surface area (Å²) in [7, 11) is 2.36. The number of esters is 1. The van der Waals surface area contributed by atoms with Crippen LogP contribution in [-0.4, -0.2) is 92.0 Å². The van der Waals surface area contributed by atoms with Gasteiger partial charge in [0.25, 0.3) is 0 Å². The third-order valence-electron chi connectivity index (χ3n) is 8.30. The zero-order chi connectivity index (χ0) is 34.2. The predicted molar refractivity (Wildman–Crippen MR) is 190 cm³/mol. The lowest BCUT2D eigenvalue weighted by Crippen LogP contribution is -2.45. The van der Waals surface area contributed by atoms with E-state index in [1.54, 1.807) is 4.90 Å². The zero-order valence-electron chi connectivity index (χ0n) is 29.2. The molecule has 0 saturated carbocycles. The molecule has 1 aromatic heterocycles. The molecule has 2 rings (SSSR count). The van der Waals surface area contributed by atoms with Crippen LogP contribution in [-0.2, 0) is 34.9 Å². The topological polar surface area (TPSA) is 88.5 Å². The van der Waals surface area contributed by atoms with E-state index in [0.29, 0.717) is 24.0 Å². The molecule has 1 heterocycles. The fourth-order valence-corrected chi connectivity index (χ4v) is 8.52. The highest BCUT2D eigenvalue weighted by Gasteiger charge is 2.39. The van der Waals surface area contributed by atoms with Gasteiger partial charge in [0.15, 0.2) is 14.5 Å². The maximum atomic E-state index is 13.7. The quantitative estimate of drug-likeness (QED) is 0.0870. The van der Waals surface area contributed by atoms with Crippen molar-refractivity contribution >= 4 is 59.6 Å². The third kappa shape index (κ3) is 10.7. The summed E-state index contributed by atoms with van der Waals surface area (Å²) in [5.74, 6) is -1.23. The van der Waals surface area contributed by atoms with Crippen molar-refractivity contribution in [3.63, 3.8) is 0 Å². The van der Waals surface area contributed by atoms with Gasteiger partial charge >= 0.3 is 12.1 Å². The largest absolute Gasteiger partial charge is 0.479 e. The monoisotopic (exact) mass is 682 g/mol. The minimum atomic E-state index is -1.93. The highest BCUT2D eigenvalue weighted by molar-refractivity contribution is 8.23. The van der Waals surface area contributed by atoms with Crippen LogP contribution >= 0.6 is 24.0 Å². The van der Waals surface area contributed by atoms with E-state index < -0.39 is 38.1 Å². The number of thiocarbonyl (C=S) groups is 1. The minimum absolute atomic E-state index is 0.135. The Kier molecular flexibility index (Phi) is 14.4. The molecule has 1 amide bonds. The minimum Gasteiger partial charge on any atom is -0.479 e. The number of hydrogen-bond donors (Lipinski definition) is 0. The number of benzene rings is 1. The molecule has 0 saturated heterocycles. The molecule has 2 aromatic rings. The van der Waals surface area contributed by atoms with Gasteiger partial charge in [0.05, 0.1) is 13.7 Å². The summed E-state index contributed by atoms with van der Waals surface area (Å²) in [6.45, 7) is 20.2. The van der Waals surface area contributed by atoms with Crippen LogP contribution in [0, 0.1) is 5.92 Å². The molecule has 0 radical (unpaired) electrons. The Balaban J connectivity index is 2.51. The van der Waals surface area contributed by atoms with Crippen LogP contribution in [0.5, 0.6) is 0 Å². The Hall–Kier alpha value is -2.12. The van der Waals surface area contributed by atoms with Gasteiger partial charge in [-0.25, -0.2) is 4.79 Å². The number of methoxy groups -OCH3 is 3. The first-order valence-corrected chi connectivity index (χ1v) is 19.7. The van der Waals surface area contributed by atoms with Gasteiger partial charge in [-0.2, -0.15) is 0 Å². The van der Waals surface area contributed by atoms with Gasteiger partial charge in [-0.05, 0) is 75.6 Å². The second-order valence-electron chi connectivity index (χ2n) is 13.7. The molecular formula is C33H54N2O7S2Si. The highest BCUT2D eigenvalue weighted by atomic mass is 32.2. The summed E-state index contributed by atoms with van der Waals surface area (Å²) >= 11 is 6.80. The van der Waals surface area contributed by atoms with Gasteiger partial charge in [0.2, 0.25) is 4.38 Å². The van der Waals surface area contributed by atoms with Gasteiger partial charge in [-0.1, -0.05) is 63.8 Å². The Morgan fingerprint density at radius 1 is 1.04 bits per heavy atom. The van der Waals surface area contributed by atoms with Crippen LogP contribution in [0.25, 0.3) is 10.9 Å². The van der Waals surface area contributed by atoms with Crippen molar-refractivity contribution in [3.8, 4) is 0 Å². The Morgan fingerprint density at radius 3 is 2.20 bits per heavy atom. The van der Waals surface area contributed by atoms with Crippen LogP contribution in [0.1, 0.15) is 60.5 Å².